The molecular formula is C23H28O4Ti. The van der Waals surface area contributed by atoms with Crippen LogP contribution in [0.25, 0.3) is 6.08 Å². The SMILES string of the molecule is [CH2]=[Ti]([O]C(=O)CCC)([O]C(=O)CCC)([C]1=CC=CC1)[CH]1C=Cc2ccccc21. The second-order valence-electron chi connectivity index (χ2n) is 7.58. The second-order valence-corrected chi connectivity index (χ2v) is 14.4. The van der Waals surface area contributed by atoms with E-state index in [2.05, 4.69) is 4.82 Å². The fraction of sp³-hybridized carbons (Fsp3) is 0.348. The van der Waals surface area contributed by atoms with Crippen LogP contribution in [0.4, 0.5) is 0 Å². The van der Waals surface area contributed by atoms with Gasteiger partial charge in [-0.1, -0.05) is 0 Å². The maximum absolute atomic E-state index is 12.8. The molecule has 0 spiro atoms. The Kier molecular flexibility index (Phi) is 6.02. The van der Waals surface area contributed by atoms with Crippen LogP contribution >= 0.6 is 0 Å². The Bertz CT molecular complexity index is 912. The third kappa shape index (κ3) is 3.63. The van der Waals surface area contributed by atoms with E-state index in [9.17, 15) is 9.59 Å². The van der Waals surface area contributed by atoms with Crippen LogP contribution in [0, 0.1) is 0 Å². The summed E-state index contributed by atoms with van der Waals surface area (Å²) in [5.74, 6) is -0.686. The van der Waals surface area contributed by atoms with Gasteiger partial charge < -0.3 is 0 Å². The molecule has 0 radical (unpaired) electrons. The van der Waals surface area contributed by atoms with Gasteiger partial charge in [-0.2, -0.15) is 0 Å². The Morgan fingerprint density at radius 2 is 1.75 bits per heavy atom. The summed E-state index contributed by atoms with van der Waals surface area (Å²) in [6, 6.07) is 7.96. The molecule has 28 heavy (non-hydrogen) atoms. The second kappa shape index (κ2) is 8.14. The van der Waals surface area contributed by atoms with Crippen molar-refractivity contribution in [3.8, 4) is 0 Å². The summed E-state index contributed by atoms with van der Waals surface area (Å²) < 4.78 is 13.0. The van der Waals surface area contributed by atoms with E-state index in [1.807, 2.05) is 68.5 Å². The zero-order chi connectivity index (χ0) is 20.2. The molecule has 0 N–H and O–H groups in total. The standard InChI is InChI=1S/C9H7.C5H5.2C4H8O2.CH2.Ti/c1-2-5-9-7-3-6-8(9)4-1;1-2-4-5-3-1;2*1-2-3-4(5)6;;/h1-7H;1-3H,4H2;2*2-3H2,1H3,(H,5,6);1H2;/q;;;;;+2/p-2. The summed E-state index contributed by atoms with van der Waals surface area (Å²) in [7, 11) is 0. The van der Waals surface area contributed by atoms with Gasteiger partial charge in [-0.3, -0.25) is 0 Å². The third-order valence-electron chi connectivity index (χ3n) is 5.46. The minimum absolute atomic E-state index is 0.277. The Morgan fingerprint density at radius 3 is 2.32 bits per heavy atom. The first-order valence-electron chi connectivity index (χ1n) is 10.0. The van der Waals surface area contributed by atoms with Crippen molar-refractivity contribution in [3.05, 3.63) is 63.6 Å². The number of allylic oxidation sites excluding steroid dienone is 5. The molecule has 2 aliphatic rings. The van der Waals surface area contributed by atoms with Gasteiger partial charge in [0.25, 0.3) is 0 Å². The monoisotopic (exact) mass is 416 g/mol. The molecule has 0 amide bonds. The number of rotatable bonds is 8. The van der Waals surface area contributed by atoms with Gasteiger partial charge in [0, 0.05) is 0 Å². The Balaban J connectivity index is 2.19. The molecule has 1 atom stereocenters. The molecule has 0 heterocycles. The summed E-state index contributed by atoms with van der Waals surface area (Å²) in [4.78, 5) is 30.1. The summed E-state index contributed by atoms with van der Waals surface area (Å²) in [5, 5.41) is 0. The van der Waals surface area contributed by atoms with Crippen molar-refractivity contribution in [1.29, 1.82) is 0 Å². The quantitative estimate of drug-likeness (QED) is 0.544. The molecule has 0 saturated heterocycles. The molecule has 0 fully saturated rings. The van der Waals surface area contributed by atoms with Crippen molar-refractivity contribution in [3.63, 3.8) is 0 Å². The van der Waals surface area contributed by atoms with E-state index >= 15 is 0 Å². The van der Waals surface area contributed by atoms with Gasteiger partial charge in [0.1, 0.15) is 0 Å². The van der Waals surface area contributed by atoms with Crippen LogP contribution in [0.2, 0.25) is 0 Å². The van der Waals surface area contributed by atoms with E-state index in [4.69, 9.17) is 6.64 Å². The number of carbonyl (C=O) groups excluding carboxylic acids is 2. The molecule has 2 aliphatic carbocycles. The number of carbonyl (C=O) groups is 2. The Labute approximate surface area is 168 Å². The van der Waals surface area contributed by atoms with Gasteiger partial charge >= 0.3 is 168 Å². The molecule has 1 unspecified atom stereocenters. The van der Waals surface area contributed by atoms with Crippen LogP contribution in [0.15, 0.2) is 52.4 Å². The molecule has 0 aliphatic heterocycles. The van der Waals surface area contributed by atoms with E-state index < -0.39 is 15.6 Å². The number of fused-ring (bicyclic) bond motifs is 1. The van der Waals surface area contributed by atoms with Crippen LogP contribution < -0.4 is 0 Å². The van der Waals surface area contributed by atoms with Crippen LogP contribution in [0.1, 0.15) is 61.3 Å². The molecule has 5 heteroatoms. The van der Waals surface area contributed by atoms with Gasteiger partial charge in [0.15, 0.2) is 0 Å². The van der Waals surface area contributed by atoms with Gasteiger partial charge in [-0.25, -0.2) is 0 Å². The average Bonchev–Trinajstić information content (AvgIpc) is 3.33. The van der Waals surface area contributed by atoms with Gasteiger partial charge in [-0.05, 0) is 0 Å². The van der Waals surface area contributed by atoms with E-state index in [-0.39, 0.29) is 29.0 Å². The zero-order valence-electron chi connectivity index (χ0n) is 16.6. The van der Waals surface area contributed by atoms with E-state index in [1.54, 1.807) is 0 Å². The van der Waals surface area contributed by atoms with Crippen molar-refractivity contribution in [2.75, 3.05) is 0 Å². The first kappa shape index (κ1) is 20.7. The molecule has 3 rings (SSSR count). The number of benzene rings is 1. The molecule has 4 nitrogen and oxygen atoms in total. The zero-order valence-corrected chi connectivity index (χ0v) is 18.2. The summed E-state index contributed by atoms with van der Waals surface area (Å²) in [6.45, 7) is 3.85. The summed E-state index contributed by atoms with van der Waals surface area (Å²) in [5.41, 5.74) is 2.06. The van der Waals surface area contributed by atoms with Crippen molar-refractivity contribution in [1.82, 2.24) is 0 Å². The fourth-order valence-electron chi connectivity index (χ4n) is 4.08. The summed E-state index contributed by atoms with van der Waals surface area (Å²) >= 11 is -5.04. The number of hydrogen-bond acceptors (Lipinski definition) is 4. The first-order valence-corrected chi connectivity index (χ1v) is 14.1. The summed E-state index contributed by atoms with van der Waals surface area (Å²) in [6.07, 6.45) is 12.3. The molecule has 0 bridgehead atoms. The van der Waals surface area contributed by atoms with Crippen molar-refractivity contribution >= 4 is 22.8 Å². The predicted octanol–water partition coefficient (Wildman–Crippen LogP) is 5.24. The van der Waals surface area contributed by atoms with Crippen LogP contribution in [0.3, 0.4) is 0 Å². The van der Waals surface area contributed by atoms with Crippen LogP contribution in [-0.4, -0.2) is 16.8 Å². The first-order chi connectivity index (χ1) is 13.4. The topological polar surface area (TPSA) is 52.6 Å². The van der Waals surface area contributed by atoms with Crippen LogP contribution in [-0.2, 0) is 31.8 Å². The van der Waals surface area contributed by atoms with E-state index in [0.717, 1.165) is 15.0 Å². The molecular weight excluding hydrogens is 388 g/mol. The van der Waals surface area contributed by atoms with E-state index in [1.165, 1.54) is 0 Å². The predicted molar refractivity (Wildman–Crippen MR) is 109 cm³/mol. The van der Waals surface area contributed by atoms with Crippen molar-refractivity contribution in [2.45, 2.75) is 50.2 Å². The van der Waals surface area contributed by atoms with Crippen LogP contribution in [0.5, 0.6) is 0 Å². The maximum atomic E-state index is 12.8. The number of hydrogen-bond donors (Lipinski definition) is 0. The normalized spacial score (nSPS) is 18.0. The van der Waals surface area contributed by atoms with Crippen molar-refractivity contribution in [2.24, 2.45) is 0 Å². The molecule has 1 aromatic rings. The van der Waals surface area contributed by atoms with Gasteiger partial charge in [0.05, 0.1) is 0 Å². The van der Waals surface area contributed by atoms with Gasteiger partial charge in [-0.15, -0.1) is 0 Å². The molecule has 0 aromatic heterocycles. The van der Waals surface area contributed by atoms with E-state index in [0.29, 0.717) is 19.3 Å². The molecule has 1 aromatic carbocycles. The Hall–Kier alpha value is -2.04. The fourth-order valence-corrected chi connectivity index (χ4v) is 11.2. The minimum atomic E-state index is -5.04. The van der Waals surface area contributed by atoms with Crippen molar-refractivity contribution < 1.29 is 31.8 Å². The van der Waals surface area contributed by atoms with Gasteiger partial charge in [0.2, 0.25) is 0 Å². The average molecular weight is 416 g/mol. The third-order valence-corrected chi connectivity index (χ3v) is 13.0. The Morgan fingerprint density at radius 1 is 1.11 bits per heavy atom. The molecule has 0 saturated carbocycles. The molecule has 148 valence electrons.